The Hall–Kier alpha value is -2.06. The van der Waals surface area contributed by atoms with Gasteiger partial charge in [0, 0.05) is 24.3 Å². The van der Waals surface area contributed by atoms with Crippen molar-refractivity contribution in [2.75, 3.05) is 0 Å². The number of nitrogens with one attached hydrogen (secondary N) is 2. The highest BCUT2D eigenvalue weighted by Crippen LogP contribution is 2.17. The van der Waals surface area contributed by atoms with E-state index < -0.39 is 0 Å². The second kappa shape index (κ2) is 5.51. The van der Waals surface area contributed by atoms with Crippen molar-refractivity contribution in [1.29, 1.82) is 0 Å². The number of hydrogen-bond acceptors (Lipinski definition) is 1. The van der Waals surface area contributed by atoms with Crippen molar-refractivity contribution >= 4 is 10.9 Å². The first-order valence-corrected chi connectivity index (χ1v) is 7.08. The molecule has 20 heavy (non-hydrogen) atoms. The van der Waals surface area contributed by atoms with E-state index >= 15 is 0 Å². The third-order valence-electron chi connectivity index (χ3n) is 3.77. The van der Waals surface area contributed by atoms with Crippen LogP contribution in [0.2, 0.25) is 0 Å². The number of aryl methyl sites for hydroxylation is 1. The minimum atomic E-state index is 0.358. The number of fused-ring (bicyclic) bond motifs is 1. The fraction of sp³-hybridized carbons (Fsp3) is 0.222. The zero-order chi connectivity index (χ0) is 13.9. The molecule has 0 amide bonds. The molecule has 1 aromatic heterocycles. The minimum absolute atomic E-state index is 0.358. The van der Waals surface area contributed by atoms with Crippen LogP contribution in [0.5, 0.6) is 0 Å². The SMILES string of the molecule is Cc1cccc([C@H](C)NCc2ccc3[nH]ccc3c2)c1. The van der Waals surface area contributed by atoms with Gasteiger partial charge in [-0.2, -0.15) is 0 Å². The molecule has 0 saturated heterocycles. The van der Waals surface area contributed by atoms with Gasteiger partial charge in [-0.05, 0) is 48.6 Å². The van der Waals surface area contributed by atoms with Crippen molar-refractivity contribution in [1.82, 2.24) is 10.3 Å². The van der Waals surface area contributed by atoms with Gasteiger partial charge in [-0.1, -0.05) is 35.9 Å². The molecule has 2 heteroatoms. The van der Waals surface area contributed by atoms with Crippen LogP contribution in [-0.4, -0.2) is 4.98 Å². The highest BCUT2D eigenvalue weighted by atomic mass is 14.9. The molecule has 2 N–H and O–H groups in total. The normalized spacial score (nSPS) is 12.7. The number of aromatic nitrogens is 1. The third-order valence-corrected chi connectivity index (χ3v) is 3.77. The second-order valence-corrected chi connectivity index (χ2v) is 5.42. The summed E-state index contributed by atoms with van der Waals surface area (Å²) in [6.45, 7) is 5.23. The average Bonchev–Trinajstić information content (AvgIpc) is 2.92. The van der Waals surface area contributed by atoms with E-state index in [9.17, 15) is 0 Å². The van der Waals surface area contributed by atoms with E-state index in [1.54, 1.807) is 0 Å². The van der Waals surface area contributed by atoms with Crippen LogP contribution >= 0.6 is 0 Å². The van der Waals surface area contributed by atoms with Crippen molar-refractivity contribution in [3.8, 4) is 0 Å². The van der Waals surface area contributed by atoms with Gasteiger partial charge in [-0.15, -0.1) is 0 Å². The van der Waals surface area contributed by atoms with Crippen molar-refractivity contribution < 1.29 is 0 Å². The van der Waals surface area contributed by atoms with Gasteiger partial charge >= 0.3 is 0 Å². The smallest absolute Gasteiger partial charge is 0.0454 e. The largest absolute Gasteiger partial charge is 0.361 e. The van der Waals surface area contributed by atoms with Gasteiger partial charge in [0.15, 0.2) is 0 Å². The summed E-state index contributed by atoms with van der Waals surface area (Å²) in [4.78, 5) is 3.22. The lowest BCUT2D eigenvalue weighted by Gasteiger charge is -2.15. The van der Waals surface area contributed by atoms with Crippen molar-refractivity contribution in [2.45, 2.75) is 26.4 Å². The van der Waals surface area contributed by atoms with Gasteiger partial charge in [0.25, 0.3) is 0 Å². The molecule has 3 rings (SSSR count). The Bertz CT molecular complexity index is 712. The fourth-order valence-electron chi connectivity index (χ4n) is 2.54. The molecule has 0 saturated carbocycles. The van der Waals surface area contributed by atoms with E-state index in [0.717, 1.165) is 6.54 Å². The molecule has 102 valence electrons. The molecule has 0 aliphatic rings. The Morgan fingerprint density at radius 2 is 2.00 bits per heavy atom. The lowest BCUT2D eigenvalue weighted by molar-refractivity contribution is 0.574. The maximum Gasteiger partial charge on any atom is 0.0454 e. The zero-order valence-corrected chi connectivity index (χ0v) is 12.0. The molecule has 0 aliphatic carbocycles. The molecule has 0 bridgehead atoms. The molecule has 0 fully saturated rings. The molecular formula is C18H20N2. The number of benzene rings is 2. The Labute approximate surface area is 119 Å². The zero-order valence-electron chi connectivity index (χ0n) is 12.0. The first-order valence-electron chi connectivity index (χ1n) is 7.08. The first kappa shape index (κ1) is 12.9. The highest BCUT2D eigenvalue weighted by Gasteiger charge is 2.05. The van der Waals surface area contributed by atoms with E-state index in [1.807, 2.05) is 6.20 Å². The predicted molar refractivity (Wildman–Crippen MR) is 84.7 cm³/mol. The molecule has 3 aromatic rings. The quantitative estimate of drug-likeness (QED) is 0.721. The minimum Gasteiger partial charge on any atom is -0.361 e. The molecule has 0 aliphatic heterocycles. The van der Waals surface area contributed by atoms with Gasteiger partial charge in [-0.3, -0.25) is 0 Å². The van der Waals surface area contributed by atoms with Crippen LogP contribution in [0.1, 0.15) is 29.7 Å². The maximum absolute atomic E-state index is 3.59. The van der Waals surface area contributed by atoms with E-state index in [4.69, 9.17) is 0 Å². The summed E-state index contributed by atoms with van der Waals surface area (Å²) in [7, 11) is 0. The summed E-state index contributed by atoms with van der Waals surface area (Å²) in [5.41, 5.74) is 5.16. The Balaban J connectivity index is 1.69. The van der Waals surface area contributed by atoms with Gasteiger partial charge in [0.2, 0.25) is 0 Å². The van der Waals surface area contributed by atoms with Crippen LogP contribution in [-0.2, 0) is 6.54 Å². The first-order chi connectivity index (χ1) is 9.72. The summed E-state index contributed by atoms with van der Waals surface area (Å²) in [6, 6.07) is 17.7. The molecule has 2 aromatic carbocycles. The molecule has 1 heterocycles. The van der Waals surface area contributed by atoms with E-state index in [0.29, 0.717) is 6.04 Å². The van der Waals surface area contributed by atoms with Gasteiger partial charge in [-0.25, -0.2) is 0 Å². The topological polar surface area (TPSA) is 27.8 Å². The number of aromatic amines is 1. The molecule has 0 radical (unpaired) electrons. The van der Waals surface area contributed by atoms with Gasteiger partial charge < -0.3 is 10.3 Å². The number of H-pyrrole nitrogens is 1. The molecule has 2 nitrogen and oxygen atoms in total. The Morgan fingerprint density at radius 1 is 1.10 bits per heavy atom. The predicted octanol–water partition coefficient (Wildman–Crippen LogP) is 4.33. The van der Waals surface area contributed by atoms with Crippen LogP contribution < -0.4 is 5.32 Å². The lowest BCUT2D eigenvalue weighted by atomic mass is 10.1. The molecule has 0 unspecified atom stereocenters. The van der Waals surface area contributed by atoms with Crippen molar-refractivity contribution in [2.24, 2.45) is 0 Å². The van der Waals surface area contributed by atoms with Crippen LogP contribution in [0.15, 0.2) is 54.7 Å². The second-order valence-electron chi connectivity index (χ2n) is 5.42. The van der Waals surface area contributed by atoms with E-state index in [2.05, 4.69) is 72.7 Å². The van der Waals surface area contributed by atoms with E-state index in [-0.39, 0.29) is 0 Å². The summed E-state index contributed by atoms with van der Waals surface area (Å²) in [5.74, 6) is 0. The van der Waals surface area contributed by atoms with Crippen molar-refractivity contribution in [3.05, 3.63) is 71.4 Å². The van der Waals surface area contributed by atoms with Crippen LogP contribution in [0, 0.1) is 6.92 Å². The maximum atomic E-state index is 3.59. The molecule has 0 spiro atoms. The highest BCUT2D eigenvalue weighted by molar-refractivity contribution is 5.79. The van der Waals surface area contributed by atoms with Crippen molar-refractivity contribution in [3.63, 3.8) is 0 Å². The molecular weight excluding hydrogens is 244 g/mol. The van der Waals surface area contributed by atoms with Gasteiger partial charge in [0.1, 0.15) is 0 Å². The summed E-state index contributed by atoms with van der Waals surface area (Å²) in [6.07, 6.45) is 1.98. The summed E-state index contributed by atoms with van der Waals surface area (Å²) < 4.78 is 0. The van der Waals surface area contributed by atoms with Crippen LogP contribution in [0.25, 0.3) is 10.9 Å². The monoisotopic (exact) mass is 264 g/mol. The Kier molecular flexibility index (Phi) is 3.57. The number of rotatable bonds is 4. The van der Waals surface area contributed by atoms with Crippen LogP contribution in [0.4, 0.5) is 0 Å². The van der Waals surface area contributed by atoms with Gasteiger partial charge in [0.05, 0.1) is 0 Å². The summed E-state index contributed by atoms with van der Waals surface area (Å²) in [5, 5.41) is 4.86. The van der Waals surface area contributed by atoms with E-state index in [1.165, 1.54) is 27.6 Å². The molecule has 1 atom stereocenters. The fourth-order valence-corrected chi connectivity index (χ4v) is 2.54. The third kappa shape index (κ3) is 2.75. The Morgan fingerprint density at radius 3 is 2.85 bits per heavy atom. The average molecular weight is 264 g/mol. The lowest BCUT2D eigenvalue weighted by Crippen LogP contribution is -2.18. The summed E-state index contributed by atoms with van der Waals surface area (Å²) >= 11 is 0. The standard InChI is InChI=1S/C18H20N2/c1-13-4-3-5-16(10-13)14(2)20-12-15-6-7-18-17(11-15)8-9-19-18/h3-11,14,19-20H,12H2,1-2H3/t14-/m0/s1. The number of hydrogen-bond donors (Lipinski definition) is 2. The van der Waals surface area contributed by atoms with Crippen LogP contribution in [0.3, 0.4) is 0 Å².